The molecule has 0 unspecified atom stereocenters. The molecule has 3 atom stereocenters. The van der Waals surface area contributed by atoms with Crippen LogP contribution in [0.25, 0.3) is 0 Å². The lowest BCUT2D eigenvalue weighted by atomic mass is 9.85. The lowest BCUT2D eigenvalue weighted by Crippen LogP contribution is -2.48. The van der Waals surface area contributed by atoms with Gasteiger partial charge in [-0.3, -0.25) is 9.69 Å². The van der Waals surface area contributed by atoms with Crippen molar-refractivity contribution in [3.8, 4) is 0 Å². The lowest BCUT2D eigenvalue weighted by molar-refractivity contribution is -0.147. The Morgan fingerprint density at radius 1 is 1.12 bits per heavy atom. The van der Waals surface area contributed by atoms with Crippen molar-refractivity contribution in [2.45, 2.75) is 71.3 Å². The second-order valence-corrected chi connectivity index (χ2v) is 15.2. The minimum atomic E-state index is -0.790. The van der Waals surface area contributed by atoms with Crippen molar-refractivity contribution in [1.29, 1.82) is 0 Å². The molecule has 5 nitrogen and oxygen atoms in total. The van der Waals surface area contributed by atoms with Crippen LogP contribution in [-0.2, 0) is 17.6 Å². The van der Waals surface area contributed by atoms with Crippen LogP contribution in [0.5, 0.6) is 0 Å². The van der Waals surface area contributed by atoms with E-state index in [1.807, 2.05) is 56.4 Å². The molecule has 1 N–H and O–H groups in total. The predicted molar refractivity (Wildman–Crippen MR) is 174 cm³/mol. The number of rotatable bonds is 9. The van der Waals surface area contributed by atoms with E-state index in [0.29, 0.717) is 29.1 Å². The zero-order valence-electron chi connectivity index (χ0n) is 25.5. The van der Waals surface area contributed by atoms with Crippen LogP contribution in [0.2, 0.25) is 10.0 Å². The number of thiazole rings is 1. The maximum Gasteiger partial charge on any atom is 0.321 e. The molecule has 1 aromatic heterocycles. The van der Waals surface area contributed by atoms with Crippen molar-refractivity contribution in [2.75, 3.05) is 32.7 Å². The van der Waals surface area contributed by atoms with Gasteiger partial charge < -0.3 is 10.0 Å². The Morgan fingerprint density at radius 2 is 1.86 bits per heavy atom. The fourth-order valence-corrected chi connectivity index (χ4v) is 8.76. The van der Waals surface area contributed by atoms with Crippen molar-refractivity contribution in [3.05, 3.63) is 85.0 Å². The highest BCUT2D eigenvalue weighted by Gasteiger charge is 2.44. The number of hydrogen-bond donors (Lipinski definition) is 1. The molecule has 2 aliphatic heterocycles. The average molecular weight is 647 g/mol. The number of hydrogen-bond acceptors (Lipinski definition) is 5. The third-order valence-corrected chi connectivity index (χ3v) is 11.1. The second-order valence-electron chi connectivity index (χ2n) is 13.3. The van der Waals surface area contributed by atoms with Gasteiger partial charge in [-0.15, -0.1) is 11.3 Å². The summed E-state index contributed by atoms with van der Waals surface area (Å²) in [5.74, 6) is -0.218. The number of halogens is 3. The predicted octanol–water partition coefficient (Wildman–Crippen LogP) is 8.14. The van der Waals surface area contributed by atoms with Gasteiger partial charge in [0.25, 0.3) is 0 Å². The Balaban J connectivity index is 1.27. The average Bonchev–Trinajstić information content (AvgIpc) is 3.54. The molecule has 2 aliphatic rings. The number of carboxylic acids is 1. The summed E-state index contributed by atoms with van der Waals surface area (Å²) in [6, 6.07) is 12.1. The molecule has 232 valence electrons. The van der Waals surface area contributed by atoms with Crippen LogP contribution in [0.4, 0.5) is 4.39 Å². The van der Waals surface area contributed by atoms with E-state index in [9.17, 15) is 14.3 Å². The number of aromatic nitrogens is 1. The Bertz CT molecular complexity index is 1430. The van der Waals surface area contributed by atoms with E-state index < -0.39 is 17.4 Å². The number of carboxylic acid groups (broad SMARTS) is 1. The van der Waals surface area contributed by atoms with Gasteiger partial charge in [-0.2, -0.15) is 0 Å². The van der Waals surface area contributed by atoms with Crippen molar-refractivity contribution < 1.29 is 14.3 Å². The van der Waals surface area contributed by atoms with Gasteiger partial charge in [-0.1, -0.05) is 69.1 Å². The van der Waals surface area contributed by atoms with E-state index in [1.165, 1.54) is 16.6 Å². The molecule has 0 aliphatic carbocycles. The summed E-state index contributed by atoms with van der Waals surface area (Å²) >= 11 is 14.2. The first-order valence-corrected chi connectivity index (χ1v) is 16.9. The zero-order valence-corrected chi connectivity index (χ0v) is 27.8. The summed E-state index contributed by atoms with van der Waals surface area (Å²) in [7, 11) is 0. The van der Waals surface area contributed by atoms with Gasteiger partial charge in [0.1, 0.15) is 11.9 Å². The zero-order chi connectivity index (χ0) is 30.9. The van der Waals surface area contributed by atoms with Crippen LogP contribution in [0.3, 0.4) is 0 Å². The maximum atomic E-state index is 14.3. The fraction of sp³-hybridized carbons (Fsp3) is 0.529. The maximum absolute atomic E-state index is 14.3. The monoisotopic (exact) mass is 645 g/mol. The number of piperidine rings is 1. The second kappa shape index (κ2) is 13.5. The van der Waals surface area contributed by atoms with Crippen LogP contribution >= 0.6 is 34.5 Å². The first kappa shape index (κ1) is 32.4. The van der Waals surface area contributed by atoms with Gasteiger partial charge in [0.15, 0.2) is 0 Å². The van der Waals surface area contributed by atoms with Crippen LogP contribution in [0, 0.1) is 17.2 Å². The Morgan fingerprint density at radius 3 is 2.49 bits per heavy atom. The summed E-state index contributed by atoms with van der Waals surface area (Å²) in [5, 5.41) is 12.4. The number of aliphatic carboxylic acids is 1. The topological polar surface area (TPSA) is 56.7 Å². The van der Waals surface area contributed by atoms with Gasteiger partial charge in [0, 0.05) is 36.9 Å². The van der Waals surface area contributed by atoms with Crippen molar-refractivity contribution >= 4 is 40.5 Å². The van der Waals surface area contributed by atoms with Gasteiger partial charge >= 0.3 is 5.97 Å². The summed E-state index contributed by atoms with van der Waals surface area (Å²) in [5.41, 5.74) is 2.88. The van der Waals surface area contributed by atoms with E-state index >= 15 is 0 Å². The SMILES string of the molecule is CCc1nc(Cc2ccc(Cl)c(Cl)c2)sc1C1CCN(C[C@H]2CN([C@@H](C(=O)O)C(C)(C)C)C[C@@H]2c2cccc(F)c2)CC1. The van der Waals surface area contributed by atoms with Crippen LogP contribution < -0.4 is 0 Å². The molecular weight excluding hydrogens is 604 g/mol. The molecule has 9 heteroatoms. The van der Waals surface area contributed by atoms with Crippen molar-refractivity contribution in [2.24, 2.45) is 11.3 Å². The molecule has 2 fully saturated rings. The normalized spacial score (nSPS) is 21.4. The van der Waals surface area contributed by atoms with E-state index in [4.69, 9.17) is 28.2 Å². The molecule has 0 saturated carbocycles. The molecule has 0 spiro atoms. The lowest BCUT2D eigenvalue weighted by Gasteiger charge is -2.36. The highest BCUT2D eigenvalue weighted by atomic mass is 35.5. The van der Waals surface area contributed by atoms with Crippen molar-refractivity contribution in [3.63, 3.8) is 0 Å². The van der Waals surface area contributed by atoms with Gasteiger partial charge in [0.05, 0.1) is 20.7 Å². The van der Waals surface area contributed by atoms with E-state index in [0.717, 1.165) is 61.5 Å². The highest BCUT2D eigenvalue weighted by molar-refractivity contribution is 7.11. The standard InChI is InChI=1S/C34H42Cl2FN3O2S/c1-5-29-31(43-30(38-29)16-21-9-10-27(35)28(36)15-21)22-11-13-39(14-12-22)18-24-19-40(32(33(41)42)34(2,3)4)20-26(24)23-7-6-8-25(37)17-23/h6-10,15,17,22,24,26,32H,5,11-14,16,18-20H2,1-4H3,(H,41,42)/t24-,26+,32-/m0/s1. The molecule has 3 aromatic rings. The van der Waals surface area contributed by atoms with E-state index in [2.05, 4.69) is 16.7 Å². The van der Waals surface area contributed by atoms with Gasteiger partial charge in [-0.25, -0.2) is 9.37 Å². The Hall–Kier alpha value is -2.03. The first-order valence-electron chi connectivity index (χ1n) is 15.3. The Kier molecular flexibility index (Phi) is 10.2. The number of aryl methyl sites for hydroxylation is 1. The number of carbonyl (C=O) groups is 1. The molecular formula is C34H42Cl2FN3O2S. The van der Waals surface area contributed by atoms with Gasteiger partial charge in [0.2, 0.25) is 0 Å². The Labute approximate surface area is 269 Å². The molecule has 0 amide bonds. The quantitative estimate of drug-likeness (QED) is 0.255. The summed E-state index contributed by atoms with van der Waals surface area (Å²) in [6.45, 7) is 12.3. The summed E-state index contributed by atoms with van der Waals surface area (Å²) in [6.07, 6.45) is 3.81. The molecule has 5 rings (SSSR count). The third-order valence-electron chi connectivity index (χ3n) is 9.06. The summed E-state index contributed by atoms with van der Waals surface area (Å²) < 4.78 is 14.3. The molecule has 2 saturated heterocycles. The number of likely N-dealkylation sites (tertiary alicyclic amines) is 2. The fourth-order valence-electron chi connectivity index (χ4n) is 7.09. The van der Waals surface area contributed by atoms with E-state index in [-0.39, 0.29) is 17.7 Å². The number of benzene rings is 2. The highest BCUT2D eigenvalue weighted by Crippen LogP contribution is 2.40. The molecule has 43 heavy (non-hydrogen) atoms. The van der Waals surface area contributed by atoms with Crippen LogP contribution in [0.1, 0.15) is 79.1 Å². The summed E-state index contributed by atoms with van der Waals surface area (Å²) in [4.78, 5) is 23.4. The molecule has 3 heterocycles. The van der Waals surface area contributed by atoms with Gasteiger partial charge in [-0.05, 0) is 85.0 Å². The number of nitrogens with zero attached hydrogens (tertiary/aromatic N) is 3. The minimum absolute atomic E-state index is 0.0924. The molecule has 0 bridgehead atoms. The van der Waals surface area contributed by atoms with Crippen LogP contribution in [0.15, 0.2) is 42.5 Å². The van der Waals surface area contributed by atoms with Crippen LogP contribution in [-0.4, -0.2) is 64.6 Å². The first-order chi connectivity index (χ1) is 20.4. The van der Waals surface area contributed by atoms with E-state index in [1.54, 1.807) is 12.1 Å². The third kappa shape index (κ3) is 7.62. The largest absolute Gasteiger partial charge is 0.480 e. The molecule has 0 radical (unpaired) electrons. The molecule has 2 aromatic carbocycles. The smallest absolute Gasteiger partial charge is 0.321 e. The van der Waals surface area contributed by atoms with Crippen molar-refractivity contribution in [1.82, 2.24) is 14.8 Å². The minimum Gasteiger partial charge on any atom is -0.480 e.